The third-order valence-electron chi connectivity index (χ3n) is 4.12. The molecular formula is C19H22ClN3O2. The van der Waals surface area contributed by atoms with Crippen molar-refractivity contribution in [3.05, 3.63) is 59.7 Å². The van der Waals surface area contributed by atoms with E-state index in [-0.39, 0.29) is 30.6 Å². The molecule has 2 aromatic rings. The number of Topliss-reactive ketones (excluding diaryl/α,β-unsaturated/α-hetero) is 1. The molecule has 3 rings (SSSR count). The van der Waals surface area contributed by atoms with Crippen molar-refractivity contribution < 1.29 is 9.59 Å². The Morgan fingerprint density at radius 2 is 1.84 bits per heavy atom. The number of benzene rings is 2. The van der Waals surface area contributed by atoms with Gasteiger partial charge in [-0.2, -0.15) is 0 Å². The SMILES string of the molecule is CC(=O)c1ccccc1NC(=O)CN1CCNCc2ccccc21.Cl. The summed E-state index contributed by atoms with van der Waals surface area (Å²) < 4.78 is 0. The van der Waals surface area contributed by atoms with Crippen molar-refractivity contribution in [3.63, 3.8) is 0 Å². The van der Waals surface area contributed by atoms with Crippen LogP contribution >= 0.6 is 12.4 Å². The van der Waals surface area contributed by atoms with Gasteiger partial charge in [0.2, 0.25) is 5.91 Å². The summed E-state index contributed by atoms with van der Waals surface area (Å²) in [5.74, 6) is -0.185. The number of fused-ring (bicyclic) bond motifs is 1. The van der Waals surface area contributed by atoms with E-state index < -0.39 is 0 Å². The molecule has 1 aliphatic heterocycles. The lowest BCUT2D eigenvalue weighted by atomic mass is 10.1. The van der Waals surface area contributed by atoms with Gasteiger partial charge in [-0.15, -0.1) is 12.4 Å². The number of halogens is 1. The minimum absolute atomic E-state index is 0. The van der Waals surface area contributed by atoms with E-state index in [0.29, 0.717) is 11.3 Å². The first-order valence-corrected chi connectivity index (χ1v) is 8.08. The van der Waals surface area contributed by atoms with Gasteiger partial charge in [-0.1, -0.05) is 30.3 Å². The molecule has 1 amide bonds. The van der Waals surface area contributed by atoms with Gasteiger partial charge in [-0.3, -0.25) is 9.59 Å². The van der Waals surface area contributed by atoms with E-state index in [2.05, 4.69) is 21.6 Å². The third-order valence-corrected chi connectivity index (χ3v) is 4.12. The number of nitrogens with one attached hydrogen (secondary N) is 2. The van der Waals surface area contributed by atoms with Gasteiger partial charge in [0.25, 0.3) is 0 Å². The zero-order valence-corrected chi connectivity index (χ0v) is 14.9. The summed E-state index contributed by atoms with van der Waals surface area (Å²) in [5, 5.41) is 6.23. The van der Waals surface area contributed by atoms with Gasteiger partial charge in [0, 0.05) is 30.9 Å². The standard InChI is InChI=1S/C19H21N3O2.ClH/c1-14(23)16-7-3-4-8-17(16)21-19(24)13-22-11-10-20-12-15-6-2-5-9-18(15)22;/h2-9,20H,10-13H2,1H3,(H,21,24);1H. The van der Waals surface area contributed by atoms with Crippen LogP contribution in [0.15, 0.2) is 48.5 Å². The molecular weight excluding hydrogens is 338 g/mol. The smallest absolute Gasteiger partial charge is 0.243 e. The minimum Gasteiger partial charge on any atom is -0.361 e. The monoisotopic (exact) mass is 359 g/mol. The molecule has 1 aliphatic rings. The molecule has 25 heavy (non-hydrogen) atoms. The maximum absolute atomic E-state index is 12.5. The van der Waals surface area contributed by atoms with Crippen LogP contribution < -0.4 is 15.5 Å². The molecule has 2 aromatic carbocycles. The summed E-state index contributed by atoms with van der Waals surface area (Å²) in [6.07, 6.45) is 0. The van der Waals surface area contributed by atoms with E-state index in [4.69, 9.17) is 0 Å². The third kappa shape index (κ3) is 4.59. The zero-order valence-electron chi connectivity index (χ0n) is 14.1. The van der Waals surface area contributed by atoms with E-state index in [0.717, 1.165) is 25.3 Å². The Labute approximate surface area is 153 Å². The van der Waals surface area contributed by atoms with Gasteiger partial charge < -0.3 is 15.5 Å². The normalized spacial score (nSPS) is 13.2. The molecule has 1 heterocycles. The number of amides is 1. The molecule has 6 heteroatoms. The van der Waals surface area contributed by atoms with Crippen LogP contribution in [0.2, 0.25) is 0 Å². The molecule has 0 aromatic heterocycles. The van der Waals surface area contributed by atoms with Crippen molar-refractivity contribution in [1.82, 2.24) is 5.32 Å². The maximum Gasteiger partial charge on any atom is 0.243 e. The first kappa shape index (κ1) is 19.0. The second-order valence-electron chi connectivity index (χ2n) is 5.88. The first-order chi connectivity index (χ1) is 11.6. The van der Waals surface area contributed by atoms with Gasteiger partial charge >= 0.3 is 0 Å². The highest BCUT2D eigenvalue weighted by atomic mass is 35.5. The molecule has 0 unspecified atom stereocenters. The molecule has 0 saturated carbocycles. The fraction of sp³-hybridized carbons (Fsp3) is 0.263. The second-order valence-corrected chi connectivity index (χ2v) is 5.88. The number of hydrogen-bond donors (Lipinski definition) is 2. The van der Waals surface area contributed by atoms with Gasteiger partial charge in [0.05, 0.1) is 12.2 Å². The van der Waals surface area contributed by atoms with Crippen molar-refractivity contribution in [2.24, 2.45) is 0 Å². The quantitative estimate of drug-likeness (QED) is 0.824. The Bertz CT molecular complexity index is 764. The Kier molecular flexibility index (Phi) is 6.56. The number of para-hydroxylation sites is 2. The van der Waals surface area contributed by atoms with Crippen molar-refractivity contribution in [3.8, 4) is 0 Å². The van der Waals surface area contributed by atoms with Gasteiger partial charge in [-0.25, -0.2) is 0 Å². The fourth-order valence-electron chi connectivity index (χ4n) is 2.95. The molecule has 0 spiro atoms. The molecule has 5 nitrogen and oxygen atoms in total. The summed E-state index contributed by atoms with van der Waals surface area (Å²) in [5.41, 5.74) is 3.37. The van der Waals surface area contributed by atoms with Crippen LogP contribution in [0.1, 0.15) is 22.8 Å². The Morgan fingerprint density at radius 3 is 2.64 bits per heavy atom. The maximum atomic E-state index is 12.5. The van der Waals surface area contributed by atoms with E-state index in [1.165, 1.54) is 12.5 Å². The van der Waals surface area contributed by atoms with Crippen LogP contribution in [-0.4, -0.2) is 31.3 Å². The predicted octanol–water partition coefficient (Wildman–Crippen LogP) is 2.86. The Morgan fingerprint density at radius 1 is 1.12 bits per heavy atom. The van der Waals surface area contributed by atoms with Gasteiger partial charge in [0.1, 0.15) is 0 Å². The number of ketones is 1. The lowest BCUT2D eigenvalue weighted by molar-refractivity contribution is -0.115. The van der Waals surface area contributed by atoms with E-state index in [1.807, 2.05) is 24.3 Å². The Hall–Kier alpha value is -2.37. The molecule has 0 saturated heterocycles. The Balaban J connectivity index is 0.00000225. The molecule has 0 bridgehead atoms. The molecule has 0 atom stereocenters. The summed E-state index contributed by atoms with van der Waals surface area (Å²) in [6, 6.07) is 15.2. The lowest BCUT2D eigenvalue weighted by Crippen LogP contribution is -2.36. The number of anilines is 2. The van der Waals surface area contributed by atoms with Crippen LogP contribution in [0.3, 0.4) is 0 Å². The average Bonchev–Trinajstić information content (AvgIpc) is 2.78. The van der Waals surface area contributed by atoms with Crippen LogP contribution in [0.4, 0.5) is 11.4 Å². The fourth-order valence-corrected chi connectivity index (χ4v) is 2.95. The topological polar surface area (TPSA) is 61.4 Å². The van der Waals surface area contributed by atoms with Crippen molar-refractivity contribution in [1.29, 1.82) is 0 Å². The van der Waals surface area contributed by atoms with E-state index >= 15 is 0 Å². The van der Waals surface area contributed by atoms with E-state index in [1.54, 1.807) is 18.2 Å². The largest absolute Gasteiger partial charge is 0.361 e. The minimum atomic E-state index is -0.125. The van der Waals surface area contributed by atoms with Gasteiger partial charge in [0.15, 0.2) is 5.78 Å². The van der Waals surface area contributed by atoms with Crippen LogP contribution in [-0.2, 0) is 11.3 Å². The number of carbonyl (C=O) groups excluding carboxylic acids is 2. The van der Waals surface area contributed by atoms with Crippen LogP contribution in [0, 0.1) is 0 Å². The summed E-state index contributed by atoms with van der Waals surface area (Å²) in [6.45, 7) is 4.15. The number of carbonyl (C=O) groups is 2. The molecule has 0 aliphatic carbocycles. The molecule has 0 fully saturated rings. The zero-order chi connectivity index (χ0) is 16.9. The predicted molar refractivity (Wildman–Crippen MR) is 103 cm³/mol. The molecule has 0 radical (unpaired) electrons. The van der Waals surface area contributed by atoms with Gasteiger partial charge in [-0.05, 0) is 30.7 Å². The molecule has 2 N–H and O–H groups in total. The lowest BCUT2D eigenvalue weighted by Gasteiger charge is -2.24. The van der Waals surface area contributed by atoms with Crippen LogP contribution in [0.5, 0.6) is 0 Å². The highest BCUT2D eigenvalue weighted by Gasteiger charge is 2.18. The number of hydrogen-bond acceptors (Lipinski definition) is 4. The van der Waals surface area contributed by atoms with Crippen molar-refractivity contribution >= 4 is 35.5 Å². The van der Waals surface area contributed by atoms with E-state index in [9.17, 15) is 9.59 Å². The number of rotatable bonds is 4. The summed E-state index contributed by atoms with van der Waals surface area (Å²) >= 11 is 0. The second kappa shape index (κ2) is 8.65. The number of nitrogens with zero attached hydrogens (tertiary/aromatic N) is 1. The summed E-state index contributed by atoms with van der Waals surface area (Å²) in [4.78, 5) is 26.2. The highest BCUT2D eigenvalue weighted by Crippen LogP contribution is 2.22. The van der Waals surface area contributed by atoms with Crippen molar-refractivity contribution in [2.75, 3.05) is 29.9 Å². The molecule has 132 valence electrons. The average molecular weight is 360 g/mol. The van der Waals surface area contributed by atoms with Crippen molar-refractivity contribution in [2.45, 2.75) is 13.5 Å². The van der Waals surface area contributed by atoms with Crippen LogP contribution in [0.25, 0.3) is 0 Å². The first-order valence-electron chi connectivity index (χ1n) is 8.08. The highest BCUT2D eigenvalue weighted by molar-refractivity contribution is 6.04. The summed E-state index contributed by atoms with van der Waals surface area (Å²) in [7, 11) is 0.